The van der Waals surface area contributed by atoms with Gasteiger partial charge in [-0.1, -0.05) is 6.92 Å². The number of nitrogens with two attached hydrogens (primary N) is 1. The van der Waals surface area contributed by atoms with E-state index in [9.17, 15) is 9.59 Å². The van der Waals surface area contributed by atoms with Crippen LogP contribution in [0, 0.1) is 5.92 Å². The Morgan fingerprint density at radius 3 is 3.00 bits per heavy atom. The molecule has 1 aliphatic rings. The second-order valence-electron chi connectivity index (χ2n) is 5.52. The third-order valence-electron chi connectivity index (χ3n) is 3.85. The lowest BCUT2D eigenvalue weighted by molar-refractivity contribution is 0.0993. The van der Waals surface area contributed by atoms with Crippen molar-refractivity contribution in [1.82, 2.24) is 4.98 Å². The molecule has 1 atom stereocenters. The van der Waals surface area contributed by atoms with Gasteiger partial charge < -0.3 is 16.0 Å². The Balaban J connectivity index is 1.78. The van der Waals surface area contributed by atoms with Gasteiger partial charge in [-0.2, -0.15) is 0 Å². The summed E-state index contributed by atoms with van der Waals surface area (Å²) in [6.45, 7) is 2.24. The summed E-state index contributed by atoms with van der Waals surface area (Å²) < 4.78 is 0. The topological polar surface area (TPSA) is 88.0 Å². The van der Waals surface area contributed by atoms with Crippen LogP contribution in [0.1, 0.15) is 44.6 Å². The predicted octanol–water partition coefficient (Wildman–Crippen LogP) is 2.55. The van der Waals surface area contributed by atoms with Crippen molar-refractivity contribution in [3.63, 3.8) is 0 Å². The smallest absolute Gasteiger partial charge is 0.265 e. The zero-order valence-electron chi connectivity index (χ0n) is 11.7. The largest absolute Gasteiger partial charge is 0.364 e. The summed E-state index contributed by atoms with van der Waals surface area (Å²) in [4.78, 5) is 27.5. The molecule has 0 radical (unpaired) electrons. The summed E-state index contributed by atoms with van der Waals surface area (Å²) >= 11 is 1.66. The van der Waals surface area contributed by atoms with Crippen LogP contribution in [0.15, 0.2) is 17.6 Å². The van der Waals surface area contributed by atoms with E-state index in [-0.39, 0.29) is 11.6 Å². The van der Waals surface area contributed by atoms with Crippen molar-refractivity contribution in [2.45, 2.75) is 26.2 Å². The van der Waals surface area contributed by atoms with Crippen LogP contribution in [0.5, 0.6) is 0 Å². The van der Waals surface area contributed by atoms with E-state index < -0.39 is 5.91 Å². The van der Waals surface area contributed by atoms with Gasteiger partial charge in [-0.15, -0.1) is 11.3 Å². The standard InChI is InChI=1S/C15H17N3O2S/c1-8-2-3-10-11(7-21-13(10)4-8)15(20)18-9-5-12(14(16)19)17-6-9/h5-8,17H,2-4H2,1H3,(H2,16,19)(H,18,20). The normalized spacial score (nSPS) is 17.3. The number of hydrogen-bond donors (Lipinski definition) is 3. The molecule has 5 nitrogen and oxygen atoms in total. The first-order chi connectivity index (χ1) is 10.0. The number of thiophene rings is 1. The Labute approximate surface area is 126 Å². The third kappa shape index (κ3) is 2.71. The molecule has 4 N–H and O–H groups in total. The fraction of sp³-hybridized carbons (Fsp3) is 0.333. The van der Waals surface area contributed by atoms with Gasteiger partial charge in [0.15, 0.2) is 0 Å². The highest BCUT2D eigenvalue weighted by atomic mass is 32.1. The predicted molar refractivity (Wildman–Crippen MR) is 82.8 cm³/mol. The highest BCUT2D eigenvalue weighted by Gasteiger charge is 2.23. The molecule has 2 aromatic heterocycles. The molecule has 0 fully saturated rings. The molecule has 0 bridgehead atoms. The first-order valence-electron chi connectivity index (χ1n) is 6.93. The first-order valence-corrected chi connectivity index (χ1v) is 7.81. The third-order valence-corrected chi connectivity index (χ3v) is 4.90. The van der Waals surface area contributed by atoms with Crippen molar-refractivity contribution in [2.75, 3.05) is 5.32 Å². The van der Waals surface area contributed by atoms with E-state index in [1.807, 2.05) is 5.38 Å². The van der Waals surface area contributed by atoms with E-state index in [4.69, 9.17) is 5.73 Å². The van der Waals surface area contributed by atoms with Crippen LogP contribution < -0.4 is 11.1 Å². The Kier molecular flexibility index (Phi) is 3.55. The molecule has 2 heterocycles. The Bertz CT molecular complexity index is 702. The molecule has 0 aromatic carbocycles. The van der Waals surface area contributed by atoms with Gasteiger partial charge in [-0.3, -0.25) is 9.59 Å². The number of anilines is 1. The summed E-state index contributed by atoms with van der Waals surface area (Å²) in [7, 11) is 0. The van der Waals surface area contributed by atoms with Crippen LogP contribution in [-0.2, 0) is 12.8 Å². The van der Waals surface area contributed by atoms with E-state index in [1.165, 1.54) is 10.4 Å². The number of fused-ring (bicyclic) bond motifs is 1. The summed E-state index contributed by atoms with van der Waals surface area (Å²) in [6.07, 6.45) is 4.71. The second kappa shape index (κ2) is 5.37. The summed E-state index contributed by atoms with van der Waals surface area (Å²) in [6, 6.07) is 1.54. The van der Waals surface area contributed by atoms with E-state index in [0.717, 1.165) is 24.8 Å². The number of hydrogen-bond acceptors (Lipinski definition) is 3. The molecule has 0 aliphatic heterocycles. The maximum atomic E-state index is 12.4. The molecule has 2 aromatic rings. The van der Waals surface area contributed by atoms with Crippen LogP contribution in [0.3, 0.4) is 0 Å². The number of rotatable bonds is 3. The lowest BCUT2D eigenvalue weighted by Crippen LogP contribution is -2.16. The molecular weight excluding hydrogens is 286 g/mol. The minimum atomic E-state index is -0.544. The molecule has 1 unspecified atom stereocenters. The van der Waals surface area contributed by atoms with Crippen molar-refractivity contribution in [3.05, 3.63) is 39.3 Å². The van der Waals surface area contributed by atoms with Gasteiger partial charge in [-0.05, 0) is 36.8 Å². The van der Waals surface area contributed by atoms with E-state index in [2.05, 4.69) is 17.2 Å². The molecule has 3 rings (SSSR count). The highest BCUT2D eigenvalue weighted by molar-refractivity contribution is 7.10. The fourth-order valence-electron chi connectivity index (χ4n) is 2.67. The minimum absolute atomic E-state index is 0.128. The molecule has 2 amide bonds. The molecule has 6 heteroatoms. The lowest BCUT2D eigenvalue weighted by Gasteiger charge is -2.18. The van der Waals surface area contributed by atoms with Crippen molar-refractivity contribution in [2.24, 2.45) is 11.7 Å². The zero-order chi connectivity index (χ0) is 15.0. The number of carbonyl (C=O) groups excluding carboxylic acids is 2. The second-order valence-corrected chi connectivity index (χ2v) is 6.48. The Hall–Kier alpha value is -2.08. The van der Waals surface area contributed by atoms with Crippen LogP contribution in [0.2, 0.25) is 0 Å². The van der Waals surface area contributed by atoms with Crippen molar-refractivity contribution < 1.29 is 9.59 Å². The van der Waals surface area contributed by atoms with Gasteiger partial charge >= 0.3 is 0 Å². The van der Waals surface area contributed by atoms with E-state index in [1.54, 1.807) is 23.6 Å². The van der Waals surface area contributed by atoms with Crippen LogP contribution in [0.4, 0.5) is 5.69 Å². The number of H-pyrrole nitrogens is 1. The van der Waals surface area contributed by atoms with Gasteiger partial charge in [0.2, 0.25) is 0 Å². The van der Waals surface area contributed by atoms with Gasteiger partial charge in [0, 0.05) is 16.5 Å². The van der Waals surface area contributed by atoms with Crippen LogP contribution in [0.25, 0.3) is 0 Å². The number of carbonyl (C=O) groups is 2. The van der Waals surface area contributed by atoms with Crippen LogP contribution in [-0.4, -0.2) is 16.8 Å². The average Bonchev–Trinajstić information content (AvgIpc) is 3.04. The minimum Gasteiger partial charge on any atom is -0.364 e. The summed E-state index contributed by atoms with van der Waals surface area (Å²) in [5.41, 5.74) is 7.95. The van der Waals surface area contributed by atoms with Gasteiger partial charge in [0.1, 0.15) is 5.69 Å². The highest BCUT2D eigenvalue weighted by Crippen LogP contribution is 2.33. The fourth-order valence-corrected chi connectivity index (χ4v) is 3.92. The number of aromatic nitrogens is 1. The number of aromatic amines is 1. The monoisotopic (exact) mass is 303 g/mol. The summed E-state index contributed by atoms with van der Waals surface area (Å²) in [5, 5.41) is 4.74. The van der Waals surface area contributed by atoms with Crippen molar-refractivity contribution >= 4 is 28.8 Å². The van der Waals surface area contributed by atoms with Crippen molar-refractivity contribution in [1.29, 1.82) is 0 Å². The summed E-state index contributed by atoms with van der Waals surface area (Å²) in [5.74, 6) is 0.0179. The molecule has 0 saturated heterocycles. The first kappa shape index (κ1) is 13.9. The molecule has 0 spiro atoms. The van der Waals surface area contributed by atoms with Gasteiger partial charge in [-0.25, -0.2) is 0 Å². The molecule has 21 heavy (non-hydrogen) atoms. The Morgan fingerprint density at radius 2 is 2.29 bits per heavy atom. The SMILES string of the molecule is CC1CCc2c(C(=O)Nc3c[nH]c(C(N)=O)c3)csc2C1. The van der Waals surface area contributed by atoms with E-state index in [0.29, 0.717) is 11.6 Å². The Morgan fingerprint density at radius 1 is 1.48 bits per heavy atom. The molecule has 0 saturated carbocycles. The number of primary amides is 1. The molecule has 110 valence electrons. The zero-order valence-corrected chi connectivity index (χ0v) is 12.5. The molecule has 1 aliphatic carbocycles. The quantitative estimate of drug-likeness (QED) is 0.813. The van der Waals surface area contributed by atoms with Crippen LogP contribution >= 0.6 is 11.3 Å². The number of amides is 2. The average molecular weight is 303 g/mol. The van der Waals surface area contributed by atoms with Gasteiger partial charge in [0.05, 0.1) is 11.3 Å². The number of nitrogens with one attached hydrogen (secondary N) is 2. The maximum absolute atomic E-state index is 12.4. The van der Waals surface area contributed by atoms with Gasteiger partial charge in [0.25, 0.3) is 11.8 Å². The lowest BCUT2D eigenvalue weighted by atomic mass is 9.88. The van der Waals surface area contributed by atoms with E-state index >= 15 is 0 Å². The van der Waals surface area contributed by atoms with Crippen molar-refractivity contribution in [3.8, 4) is 0 Å². The maximum Gasteiger partial charge on any atom is 0.265 e. The molecular formula is C15H17N3O2S.